The van der Waals surface area contributed by atoms with E-state index in [4.69, 9.17) is 10.3 Å². The molecule has 1 saturated carbocycles. The van der Waals surface area contributed by atoms with Crippen LogP contribution in [0.15, 0.2) is 35.5 Å². The molecule has 37 heavy (non-hydrogen) atoms. The molecule has 0 aromatic heterocycles. The summed E-state index contributed by atoms with van der Waals surface area (Å²) in [5, 5.41) is 25.2. The highest BCUT2D eigenvalue weighted by Crippen LogP contribution is 2.64. The van der Waals surface area contributed by atoms with Crippen molar-refractivity contribution in [3.63, 3.8) is 0 Å². The normalized spacial score (nSPS) is 31.7. The van der Waals surface area contributed by atoms with Crippen LogP contribution in [-0.4, -0.2) is 72.6 Å². The van der Waals surface area contributed by atoms with E-state index in [1.807, 2.05) is 40.8 Å². The summed E-state index contributed by atoms with van der Waals surface area (Å²) in [6.07, 6.45) is 4.69. The van der Waals surface area contributed by atoms with Crippen molar-refractivity contribution < 1.29 is 19.7 Å². The molecule has 2 fully saturated rings. The molecule has 1 aromatic rings. The molecule has 3 unspecified atom stereocenters. The van der Waals surface area contributed by atoms with Crippen LogP contribution < -0.4 is 9.64 Å². The summed E-state index contributed by atoms with van der Waals surface area (Å²) < 4.78 is 5.45. The average molecular weight is 518 g/mol. The fourth-order valence-electron chi connectivity index (χ4n) is 6.87. The van der Waals surface area contributed by atoms with E-state index in [-0.39, 0.29) is 24.9 Å². The van der Waals surface area contributed by atoms with Crippen LogP contribution in [0.5, 0.6) is 5.75 Å². The first kappa shape index (κ1) is 32.4. The number of benzene rings is 1. The van der Waals surface area contributed by atoms with E-state index in [1.54, 1.807) is 7.11 Å². The largest absolute Gasteiger partial charge is 0.497 e. The lowest BCUT2D eigenvalue weighted by Crippen LogP contribution is -2.73. The average Bonchev–Trinajstić information content (AvgIpc) is 3.41. The number of aliphatic hydroxyl groups excluding tert-OH is 2. The Balaban J connectivity index is 0.000000545. The lowest BCUT2D eigenvalue weighted by atomic mass is 9.51. The number of likely N-dealkylation sites (N-methyl/N-ethyl adjacent to an activating group) is 1. The molecule has 1 aliphatic carbocycles. The minimum atomic E-state index is -0.780. The second-order valence-electron chi connectivity index (χ2n) is 9.14. The van der Waals surface area contributed by atoms with Crippen molar-refractivity contribution in [1.82, 2.24) is 4.90 Å². The highest BCUT2D eigenvalue weighted by Gasteiger charge is 2.72. The van der Waals surface area contributed by atoms with Gasteiger partial charge in [-0.1, -0.05) is 60.3 Å². The van der Waals surface area contributed by atoms with Gasteiger partial charge in [0.1, 0.15) is 11.9 Å². The highest BCUT2D eigenvalue weighted by atomic mass is 16.5. The molecule has 9 nitrogen and oxygen atoms in total. The van der Waals surface area contributed by atoms with Gasteiger partial charge in [-0.15, -0.1) is 0 Å². The van der Waals surface area contributed by atoms with E-state index < -0.39 is 23.5 Å². The maximum absolute atomic E-state index is 11.3. The molecule has 0 bridgehead atoms. The number of aliphatic hydroxyl groups is 2. The Morgan fingerprint density at radius 2 is 1.92 bits per heavy atom. The van der Waals surface area contributed by atoms with Crippen molar-refractivity contribution in [3.8, 4) is 5.75 Å². The smallest absolute Gasteiger partial charge is 0.215 e. The maximum atomic E-state index is 11.3. The van der Waals surface area contributed by atoms with E-state index in [0.29, 0.717) is 0 Å². The molecule has 1 aromatic carbocycles. The Bertz CT molecular complexity index is 995. The Morgan fingerprint density at radius 1 is 1.27 bits per heavy atom. The van der Waals surface area contributed by atoms with Crippen LogP contribution in [0.3, 0.4) is 0 Å². The zero-order valence-electron chi connectivity index (χ0n) is 23.0. The van der Waals surface area contributed by atoms with Gasteiger partial charge in [0.05, 0.1) is 19.3 Å². The van der Waals surface area contributed by atoms with Gasteiger partial charge >= 0.3 is 0 Å². The summed E-state index contributed by atoms with van der Waals surface area (Å²) in [6, 6.07) is 6.41. The van der Waals surface area contributed by atoms with Crippen LogP contribution in [0, 0.1) is 5.41 Å². The molecule has 1 saturated heterocycles. The molecule has 4 aliphatic rings. The molecule has 3 heterocycles. The summed E-state index contributed by atoms with van der Waals surface area (Å²) in [4.78, 5) is 16.5. The number of hydrogen-bond acceptors (Lipinski definition) is 6. The monoisotopic (exact) mass is 517 g/mol. The molecule has 5 rings (SSSR count). The van der Waals surface area contributed by atoms with Gasteiger partial charge in [0.25, 0.3) is 0 Å². The predicted octanol–water partition coefficient (Wildman–Crippen LogP) is 5.06. The predicted molar refractivity (Wildman–Crippen MR) is 150 cm³/mol. The lowest BCUT2D eigenvalue weighted by Gasteiger charge is -2.60. The number of ether oxygens (including phenoxy) is 1. The Morgan fingerprint density at radius 3 is 2.43 bits per heavy atom. The van der Waals surface area contributed by atoms with Gasteiger partial charge in [0.15, 0.2) is 0 Å². The molecule has 6 atom stereocenters. The molecule has 1 spiro atoms. The van der Waals surface area contributed by atoms with E-state index >= 15 is 0 Å². The molecule has 2 N–H and O–H groups in total. The summed E-state index contributed by atoms with van der Waals surface area (Å²) >= 11 is 0. The summed E-state index contributed by atoms with van der Waals surface area (Å²) in [7, 11) is 3.74. The first-order valence-electron chi connectivity index (χ1n) is 13.0. The maximum Gasteiger partial charge on any atom is 0.215 e. The summed E-state index contributed by atoms with van der Waals surface area (Å²) in [6.45, 7) is 13.3. The Hall–Kier alpha value is -2.58. The first-order chi connectivity index (χ1) is 17.3. The van der Waals surface area contributed by atoms with Crippen LogP contribution in [0.2, 0.25) is 0 Å². The van der Waals surface area contributed by atoms with Crippen molar-refractivity contribution in [1.29, 1.82) is 0 Å². The van der Waals surface area contributed by atoms with E-state index in [0.717, 1.165) is 37.4 Å². The van der Waals surface area contributed by atoms with E-state index in [2.05, 4.69) is 51.0 Å². The summed E-state index contributed by atoms with van der Waals surface area (Å²) in [5.41, 5.74) is 9.35. The number of fused-ring (bicyclic) bond motifs is 1. The molecule has 3 aliphatic heterocycles. The Labute approximate surface area is 222 Å². The number of azide groups is 1. The quantitative estimate of drug-likeness (QED) is 0.245. The van der Waals surface area contributed by atoms with Crippen molar-refractivity contribution in [2.45, 2.75) is 91.5 Å². The van der Waals surface area contributed by atoms with Gasteiger partial charge in [0, 0.05) is 54.1 Å². The molecule has 1 amide bonds. The van der Waals surface area contributed by atoms with Crippen LogP contribution in [-0.2, 0) is 10.2 Å². The van der Waals surface area contributed by atoms with Gasteiger partial charge < -0.3 is 19.8 Å². The third kappa shape index (κ3) is 4.98. The molecular formula is C28H47N5O4. The number of hydrogen-bond donors (Lipinski definition) is 2. The SMILES string of the molecule is C.CC.CC.CC(=O)N=[N+]=[N-].CC[C@]12C=CCN3CCC4(c5ccc(OC)cc5N(C)C4[C@H](O)[C@@H]1O)C32. The van der Waals surface area contributed by atoms with Crippen molar-refractivity contribution >= 4 is 11.6 Å². The van der Waals surface area contributed by atoms with Gasteiger partial charge in [-0.2, -0.15) is 0 Å². The second-order valence-corrected chi connectivity index (χ2v) is 9.14. The standard InChI is InChI=1S/C21H28N2O3.C2H3N3O.2C2H6.CH4/c1-4-20-8-5-10-23-11-9-21(19(20)23)14-7-6-13(26-3)12-15(14)22(2)17(21)16(24)18(20)25;1-2(6)4-5-3;2*1-2;/h5-8,12,16-19,24-25H,4,9-11H2,1-3H3;1H3;2*1-2H3;1H4/t16-,17?,18-,19?,20-,21?;;;;/m0..../s1. The van der Waals surface area contributed by atoms with Crippen molar-refractivity contribution in [2.75, 3.05) is 32.1 Å². The molecule has 208 valence electrons. The number of anilines is 1. The van der Waals surface area contributed by atoms with Crippen LogP contribution in [0.4, 0.5) is 5.69 Å². The number of nitrogens with zero attached hydrogens (tertiary/aromatic N) is 5. The van der Waals surface area contributed by atoms with E-state index in [9.17, 15) is 15.0 Å². The first-order valence-corrected chi connectivity index (χ1v) is 13.0. The number of rotatable bonds is 2. The number of methoxy groups -OCH3 is 1. The molecule has 0 radical (unpaired) electrons. The van der Waals surface area contributed by atoms with Crippen molar-refractivity contribution in [3.05, 3.63) is 46.4 Å². The van der Waals surface area contributed by atoms with Gasteiger partial charge in [-0.05, 0) is 41.7 Å². The number of carbonyl (C=O) groups excluding carboxylic acids is 1. The van der Waals surface area contributed by atoms with Crippen LogP contribution >= 0.6 is 0 Å². The van der Waals surface area contributed by atoms with Crippen LogP contribution in [0.1, 0.15) is 67.4 Å². The lowest BCUT2D eigenvalue weighted by molar-refractivity contribution is -0.139. The number of carbonyl (C=O) groups is 1. The highest BCUT2D eigenvalue weighted by molar-refractivity contribution is 5.73. The van der Waals surface area contributed by atoms with Gasteiger partial charge in [-0.25, -0.2) is 0 Å². The fourth-order valence-corrected chi connectivity index (χ4v) is 6.87. The third-order valence-electron chi connectivity index (χ3n) is 7.97. The fraction of sp³-hybridized carbons (Fsp3) is 0.679. The molecule has 9 heteroatoms. The zero-order chi connectivity index (χ0) is 27.3. The second kappa shape index (κ2) is 13.3. The topological polar surface area (TPSA) is 122 Å². The molecular weight excluding hydrogens is 470 g/mol. The third-order valence-corrected chi connectivity index (χ3v) is 7.97. The van der Waals surface area contributed by atoms with Crippen LogP contribution in [0.25, 0.3) is 10.4 Å². The van der Waals surface area contributed by atoms with Gasteiger partial charge in [0.2, 0.25) is 5.91 Å². The van der Waals surface area contributed by atoms with Gasteiger partial charge in [-0.3, -0.25) is 9.69 Å². The van der Waals surface area contributed by atoms with Crippen molar-refractivity contribution in [2.24, 2.45) is 10.5 Å². The minimum absolute atomic E-state index is 0. The van der Waals surface area contributed by atoms with E-state index in [1.165, 1.54) is 12.5 Å². The minimum Gasteiger partial charge on any atom is -0.497 e. The Kier molecular flexibility index (Phi) is 11.7. The summed E-state index contributed by atoms with van der Waals surface area (Å²) in [5.74, 6) is 0.332. The number of amides is 1. The zero-order valence-corrected chi connectivity index (χ0v) is 23.0.